The highest BCUT2D eigenvalue weighted by Crippen LogP contribution is 2.29. The molecule has 2 fully saturated rings. The first kappa shape index (κ1) is 23.7. The topological polar surface area (TPSA) is 92.8 Å². The predicted molar refractivity (Wildman–Crippen MR) is 113 cm³/mol. The number of nitrogens with zero attached hydrogens (tertiary/aromatic N) is 1. The van der Waals surface area contributed by atoms with Crippen molar-refractivity contribution in [1.82, 2.24) is 9.62 Å². The number of rotatable bonds is 6. The number of hydrogen-bond donors (Lipinski definition) is 1. The zero-order chi connectivity index (χ0) is 22.6. The monoisotopic (exact) mass is 454 g/mol. The predicted octanol–water partition coefficient (Wildman–Crippen LogP) is 2.71. The van der Waals surface area contributed by atoms with Gasteiger partial charge in [-0.25, -0.2) is 12.8 Å². The van der Waals surface area contributed by atoms with E-state index >= 15 is 0 Å². The van der Waals surface area contributed by atoms with Crippen molar-refractivity contribution < 1.29 is 27.1 Å². The van der Waals surface area contributed by atoms with Crippen LogP contribution in [0, 0.1) is 23.6 Å². The number of hydrogen-bond acceptors (Lipinski definition) is 5. The maximum Gasteiger partial charge on any atom is 0.309 e. The number of benzene rings is 1. The molecule has 1 aliphatic carbocycles. The minimum Gasteiger partial charge on any atom is -0.455 e. The summed E-state index contributed by atoms with van der Waals surface area (Å²) in [6.45, 7) is 4.34. The van der Waals surface area contributed by atoms with E-state index in [0.717, 1.165) is 31.4 Å². The summed E-state index contributed by atoms with van der Waals surface area (Å²) in [6, 6.07) is 4.79. The normalized spacial score (nSPS) is 25.7. The van der Waals surface area contributed by atoms with Crippen LogP contribution >= 0.6 is 0 Å². The van der Waals surface area contributed by atoms with E-state index in [0.29, 0.717) is 24.7 Å². The van der Waals surface area contributed by atoms with Crippen molar-refractivity contribution in [2.75, 3.05) is 19.7 Å². The van der Waals surface area contributed by atoms with E-state index in [9.17, 15) is 22.4 Å². The van der Waals surface area contributed by atoms with Gasteiger partial charge in [0.25, 0.3) is 5.91 Å². The van der Waals surface area contributed by atoms with Gasteiger partial charge in [0.2, 0.25) is 10.0 Å². The molecule has 0 spiro atoms. The Bertz CT molecular complexity index is 882. The molecule has 1 aliphatic heterocycles. The number of amides is 1. The maximum atomic E-state index is 13.1. The first-order valence-corrected chi connectivity index (χ1v) is 12.3. The Hall–Kier alpha value is -2.00. The van der Waals surface area contributed by atoms with Crippen LogP contribution in [0.25, 0.3) is 0 Å². The van der Waals surface area contributed by atoms with Gasteiger partial charge in [-0.3, -0.25) is 9.59 Å². The molecule has 1 saturated carbocycles. The number of carbonyl (C=O) groups excluding carboxylic acids is 2. The zero-order valence-electron chi connectivity index (χ0n) is 18.1. The second-order valence-corrected chi connectivity index (χ2v) is 10.6. The van der Waals surface area contributed by atoms with Crippen LogP contribution in [0.2, 0.25) is 0 Å². The van der Waals surface area contributed by atoms with Gasteiger partial charge in [-0.05, 0) is 55.4 Å². The Balaban J connectivity index is 1.45. The summed E-state index contributed by atoms with van der Waals surface area (Å²) >= 11 is 0. The summed E-state index contributed by atoms with van der Waals surface area (Å²) < 4.78 is 44.9. The van der Waals surface area contributed by atoms with Crippen molar-refractivity contribution in [3.63, 3.8) is 0 Å². The molecule has 1 aromatic carbocycles. The number of halogens is 1. The zero-order valence-corrected chi connectivity index (χ0v) is 18.9. The lowest BCUT2D eigenvalue weighted by molar-refractivity contribution is -0.154. The van der Waals surface area contributed by atoms with E-state index in [1.165, 1.54) is 16.4 Å². The van der Waals surface area contributed by atoms with Crippen LogP contribution in [0.15, 0.2) is 29.2 Å². The van der Waals surface area contributed by atoms with Gasteiger partial charge in [0, 0.05) is 19.1 Å². The van der Waals surface area contributed by atoms with Crippen molar-refractivity contribution in [2.24, 2.45) is 17.8 Å². The smallest absolute Gasteiger partial charge is 0.309 e. The molecular weight excluding hydrogens is 423 g/mol. The van der Waals surface area contributed by atoms with Crippen LogP contribution in [0.1, 0.15) is 46.0 Å². The lowest BCUT2D eigenvalue weighted by Gasteiger charge is -2.34. The Morgan fingerprint density at radius 1 is 1.10 bits per heavy atom. The van der Waals surface area contributed by atoms with Gasteiger partial charge in [-0.1, -0.05) is 26.7 Å². The first-order chi connectivity index (χ1) is 14.7. The fraction of sp³-hybridized carbons (Fsp3) is 0.636. The molecule has 9 heteroatoms. The van der Waals surface area contributed by atoms with Gasteiger partial charge in [-0.2, -0.15) is 4.31 Å². The lowest BCUT2D eigenvalue weighted by Crippen LogP contribution is -2.45. The summed E-state index contributed by atoms with van der Waals surface area (Å²) in [6.07, 6.45) is 3.82. The molecule has 0 bridgehead atoms. The van der Waals surface area contributed by atoms with Gasteiger partial charge in [0.1, 0.15) is 5.82 Å². The molecule has 1 amide bonds. The largest absolute Gasteiger partial charge is 0.455 e. The van der Waals surface area contributed by atoms with Gasteiger partial charge >= 0.3 is 5.97 Å². The number of piperidine rings is 1. The molecule has 1 aromatic rings. The highest BCUT2D eigenvalue weighted by atomic mass is 32.2. The molecule has 2 aliphatic rings. The second kappa shape index (κ2) is 10.1. The number of sulfonamides is 1. The highest BCUT2D eigenvalue weighted by Gasteiger charge is 2.33. The fourth-order valence-corrected chi connectivity index (χ4v) is 5.85. The highest BCUT2D eigenvalue weighted by molar-refractivity contribution is 7.89. The molecule has 0 radical (unpaired) electrons. The Kier molecular flexibility index (Phi) is 7.69. The van der Waals surface area contributed by atoms with E-state index in [2.05, 4.69) is 19.2 Å². The standard InChI is InChI=1S/C22H31FN2O5S/c1-15-4-3-5-20(16(15)2)24-21(26)14-30-22(27)17-10-12-25(13-11-17)31(28,29)19-8-6-18(23)7-9-19/h6-9,15-17,20H,3-5,10-14H2,1-2H3,(H,24,26)/t15-,16-,20+/m1/s1. The lowest BCUT2D eigenvalue weighted by atomic mass is 9.78. The van der Waals surface area contributed by atoms with E-state index in [-0.39, 0.29) is 36.5 Å². The van der Waals surface area contributed by atoms with Crippen LogP contribution in [0.4, 0.5) is 4.39 Å². The molecule has 7 nitrogen and oxygen atoms in total. The molecule has 1 N–H and O–H groups in total. The van der Waals surface area contributed by atoms with Gasteiger partial charge in [-0.15, -0.1) is 0 Å². The molecule has 1 saturated heterocycles. The van der Waals surface area contributed by atoms with E-state index in [4.69, 9.17) is 4.74 Å². The number of nitrogens with one attached hydrogen (secondary N) is 1. The maximum absolute atomic E-state index is 13.1. The third-order valence-corrected chi connectivity index (χ3v) is 8.55. The van der Waals surface area contributed by atoms with Crippen LogP contribution in [0.5, 0.6) is 0 Å². The number of ether oxygens (including phenoxy) is 1. The summed E-state index contributed by atoms with van der Waals surface area (Å²) in [5.41, 5.74) is 0. The minimum atomic E-state index is -3.73. The van der Waals surface area contributed by atoms with E-state index in [1.807, 2.05) is 0 Å². The third-order valence-electron chi connectivity index (χ3n) is 6.64. The van der Waals surface area contributed by atoms with Gasteiger partial charge in [0.15, 0.2) is 6.61 Å². The van der Waals surface area contributed by atoms with E-state index in [1.54, 1.807) is 0 Å². The molecule has 0 aromatic heterocycles. The Labute approximate surface area is 183 Å². The van der Waals surface area contributed by atoms with Crippen molar-refractivity contribution in [2.45, 2.75) is 56.9 Å². The molecule has 172 valence electrons. The average molecular weight is 455 g/mol. The summed E-state index contributed by atoms with van der Waals surface area (Å²) in [7, 11) is -3.73. The molecule has 0 unspecified atom stereocenters. The van der Waals surface area contributed by atoms with Crippen molar-refractivity contribution in [3.8, 4) is 0 Å². The summed E-state index contributed by atoms with van der Waals surface area (Å²) in [5, 5.41) is 2.98. The van der Waals surface area contributed by atoms with Crippen LogP contribution in [0.3, 0.4) is 0 Å². The van der Waals surface area contributed by atoms with Crippen molar-refractivity contribution in [3.05, 3.63) is 30.1 Å². The summed E-state index contributed by atoms with van der Waals surface area (Å²) in [4.78, 5) is 24.6. The average Bonchev–Trinajstić information content (AvgIpc) is 2.75. The van der Waals surface area contributed by atoms with Crippen LogP contribution in [-0.4, -0.2) is 50.3 Å². The summed E-state index contributed by atoms with van der Waals surface area (Å²) in [5.74, 6) is -0.772. The van der Waals surface area contributed by atoms with E-state index < -0.39 is 27.7 Å². The molecule has 3 atom stereocenters. The third kappa shape index (κ3) is 5.83. The first-order valence-electron chi connectivity index (χ1n) is 10.9. The Morgan fingerprint density at radius 2 is 1.74 bits per heavy atom. The van der Waals surface area contributed by atoms with Crippen LogP contribution in [-0.2, 0) is 24.3 Å². The van der Waals surface area contributed by atoms with Gasteiger partial charge in [0.05, 0.1) is 10.8 Å². The van der Waals surface area contributed by atoms with Gasteiger partial charge < -0.3 is 10.1 Å². The number of carbonyl (C=O) groups is 2. The molecule has 1 heterocycles. The quantitative estimate of drug-likeness (QED) is 0.667. The molecule has 31 heavy (non-hydrogen) atoms. The minimum absolute atomic E-state index is 0.0258. The van der Waals surface area contributed by atoms with Crippen molar-refractivity contribution in [1.29, 1.82) is 0 Å². The number of esters is 1. The SMILES string of the molecule is C[C@@H]1[C@H](C)CCC[C@@H]1NC(=O)COC(=O)C1CCN(S(=O)(=O)c2ccc(F)cc2)CC1. The van der Waals surface area contributed by atoms with Crippen LogP contribution < -0.4 is 5.32 Å². The second-order valence-electron chi connectivity index (χ2n) is 8.68. The van der Waals surface area contributed by atoms with Crippen molar-refractivity contribution >= 4 is 21.9 Å². The fourth-order valence-electron chi connectivity index (χ4n) is 4.38. The Morgan fingerprint density at radius 3 is 2.39 bits per heavy atom. The molecule has 3 rings (SSSR count). The molecular formula is C22H31FN2O5S.